The molecule has 0 radical (unpaired) electrons. The zero-order chi connectivity index (χ0) is 13.8. The summed E-state index contributed by atoms with van der Waals surface area (Å²) in [6, 6.07) is 5.72. The largest absolute Gasteiger partial charge is 0.506 e. The Bertz CT molecular complexity index is 462. The van der Waals surface area contributed by atoms with Crippen molar-refractivity contribution >= 4 is 36.4 Å². The molecule has 1 fully saturated rings. The van der Waals surface area contributed by atoms with Gasteiger partial charge < -0.3 is 10.4 Å². The maximum Gasteiger partial charge on any atom is 0.138 e. The van der Waals surface area contributed by atoms with E-state index in [2.05, 4.69) is 16.8 Å². The third kappa shape index (κ3) is 5.35. The summed E-state index contributed by atoms with van der Waals surface area (Å²) in [5, 5.41) is 14.0. The van der Waals surface area contributed by atoms with Crippen molar-refractivity contribution in [3.05, 3.63) is 40.9 Å². The molecule has 21 heavy (non-hydrogen) atoms. The summed E-state index contributed by atoms with van der Waals surface area (Å²) >= 11 is 6.03. The fourth-order valence-electron chi connectivity index (χ4n) is 2.56. The van der Waals surface area contributed by atoms with E-state index in [0.717, 1.165) is 43.7 Å². The molecule has 0 bridgehead atoms. The van der Waals surface area contributed by atoms with Gasteiger partial charge in [-0.3, -0.25) is 4.90 Å². The summed E-state index contributed by atoms with van der Waals surface area (Å²) in [6.45, 7) is 9.95. The van der Waals surface area contributed by atoms with E-state index in [4.69, 9.17) is 11.6 Å². The van der Waals surface area contributed by atoms with Crippen LogP contribution in [0.2, 0.25) is 5.02 Å². The van der Waals surface area contributed by atoms with Crippen molar-refractivity contribution < 1.29 is 5.11 Å². The topological polar surface area (TPSA) is 35.5 Å². The number of rotatable bonds is 4. The lowest BCUT2D eigenvalue weighted by Crippen LogP contribution is -2.45. The first-order valence-electron chi connectivity index (χ1n) is 6.66. The van der Waals surface area contributed by atoms with E-state index >= 15 is 0 Å². The third-order valence-corrected chi connectivity index (χ3v) is 3.82. The molecule has 0 spiro atoms. The van der Waals surface area contributed by atoms with Gasteiger partial charge in [0.25, 0.3) is 0 Å². The van der Waals surface area contributed by atoms with Gasteiger partial charge in [-0.15, -0.1) is 31.4 Å². The normalized spacial score (nSPS) is 16.5. The fourth-order valence-corrected chi connectivity index (χ4v) is 2.74. The molecule has 0 saturated carbocycles. The molecule has 0 aromatic heterocycles. The van der Waals surface area contributed by atoms with Gasteiger partial charge in [0.05, 0.1) is 5.02 Å². The quantitative estimate of drug-likeness (QED) is 0.808. The average Bonchev–Trinajstić information content (AvgIpc) is 2.40. The Labute approximate surface area is 144 Å². The lowest BCUT2D eigenvalue weighted by atomic mass is 9.97. The Balaban J connectivity index is 0.00000200. The molecule has 2 rings (SSSR count). The van der Waals surface area contributed by atoms with Crippen LogP contribution in [0, 0.1) is 0 Å². The minimum absolute atomic E-state index is 0. The lowest BCUT2D eigenvalue weighted by Gasteiger charge is -2.35. The smallest absolute Gasteiger partial charge is 0.138 e. The van der Waals surface area contributed by atoms with Gasteiger partial charge in [-0.05, 0) is 19.4 Å². The zero-order valence-corrected chi connectivity index (χ0v) is 14.5. The van der Waals surface area contributed by atoms with Crippen LogP contribution >= 0.6 is 36.4 Å². The Kier molecular flexibility index (Phi) is 9.34. The first-order valence-corrected chi connectivity index (χ1v) is 7.04. The van der Waals surface area contributed by atoms with Crippen LogP contribution in [0.5, 0.6) is 5.75 Å². The molecule has 6 heteroatoms. The molecule has 1 aliphatic rings. The van der Waals surface area contributed by atoms with Crippen LogP contribution in [0.4, 0.5) is 0 Å². The first-order chi connectivity index (χ1) is 9.09. The van der Waals surface area contributed by atoms with Crippen molar-refractivity contribution in [2.24, 2.45) is 0 Å². The number of nitrogens with zero attached hydrogens (tertiary/aromatic N) is 1. The number of benzene rings is 1. The third-order valence-electron chi connectivity index (χ3n) is 3.51. The Hall–Kier alpha value is -0.450. The molecule has 3 nitrogen and oxygen atoms in total. The van der Waals surface area contributed by atoms with Crippen molar-refractivity contribution in [3.8, 4) is 5.75 Å². The number of piperazine rings is 1. The summed E-state index contributed by atoms with van der Waals surface area (Å²) in [5.74, 6) is 0.203. The van der Waals surface area contributed by atoms with E-state index in [1.807, 2.05) is 19.1 Å². The number of para-hydroxylation sites is 1. The second-order valence-electron chi connectivity index (χ2n) is 5.14. The maximum atomic E-state index is 10.2. The number of hydrogen-bond acceptors (Lipinski definition) is 3. The summed E-state index contributed by atoms with van der Waals surface area (Å²) < 4.78 is 0. The van der Waals surface area contributed by atoms with E-state index < -0.39 is 0 Å². The van der Waals surface area contributed by atoms with E-state index in [0.29, 0.717) is 5.02 Å². The fraction of sp³-hybridized carbons (Fsp3) is 0.467. The van der Waals surface area contributed by atoms with Gasteiger partial charge in [-0.2, -0.15) is 0 Å². The Morgan fingerprint density at radius 1 is 1.38 bits per heavy atom. The summed E-state index contributed by atoms with van der Waals surface area (Å²) in [6.07, 6.45) is 0.841. The van der Waals surface area contributed by atoms with Crippen molar-refractivity contribution in [1.29, 1.82) is 0 Å². The van der Waals surface area contributed by atoms with Crippen molar-refractivity contribution in [1.82, 2.24) is 10.2 Å². The summed E-state index contributed by atoms with van der Waals surface area (Å²) in [4.78, 5) is 2.39. The van der Waals surface area contributed by atoms with Crippen LogP contribution in [0.3, 0.4) is 0 Å². The van der Waals surface area contributed by atoms with Crippen LogP contribution in [-0.2, 0) is 0 Å². The van der Waals surface area contributed by atoms with Gasteiger partial charge in [0, 0.05) is 37.8 Å². The number of hydrogen-bond donors (Lipinski definition) is 2. The minimum Gasteiger partial charge on any atom is -0.506 e. The predicted molar refractivity (Wildman–Crippen MR) is 94.2 cm³/mol. The molecule has 0 unspecified atom stereocenters. The van der Waals surface area contributed by atoms with E-state index in [1.54, 1.807) is 6.07 Å². The number of aromatic hydroxyl groups is 1. The number of phenols is 1. The second-order valence-corrected chi connectivity index (χ2v) is 5.55. The zero-order valence-electron chi connectivity index (χ0n) is 12.1. The highest BCUT2D eigenvalue weighted by Crippen LogP contribution is 2.37. The highest BCUT2D eigenvalue weighted by Gasteiger charge is 2.25. The molecule has 1 aromatic carbocycles. The van der Waals surface area contributed by atoms with Gasteiger partial charge in [-0.1, -0.05) is 29.3 Å². The van der Waals surface area contributed by atoms with E-state index in [-0.39, 0.29) is 36.6 Å². The van der Waals surface area contributed by atoms with Crippen LogP contribution in [0.15, 0.2) is 30.4 Å². The number of nitrogens with one attached hydrogen (secondary N) is 1. The second kappa shape index (κ2) is 9.54. The van der Waals surface area contributed by atoms with Crippen LogP contribution < -0.4 is 5.32 Å². The molecule has 0 aliphatic carbocycles. The van der Waals surface area contributed by atoms with Crippen LogP contribution in [-0.4, -0.2) is 36.2 Å². The molecular weight excluding hydrogens is 331 g/mol. The molecule has 1 saturated heterocycles. The molecule has 1 aliphatic heterocycles. The SMILES string of the molecule is C=C(C)C[C@H](c1cccc(Cl)c1O)N1CCNCC1.Cl.Cl. The van der Waals surface area contributed by atoms with Crippen molar-refractivity contribution in [2.75, 3.05) is 26.2 Å². The van der Waals surface area contributed by atoms with Gasteiger partial charge in [0.2, 0.25) is 0 Å². The standard InChI is InChI=1S/C15H21ClN2O.2ClH/c1-11(2)10-14(18-8-6-17-7-9-18)12-4-3-5-13(16)15(12)19;;/h3-5,14,17,19H,1,6-10H2,2H3;2*1H/t14-;;/m1../s1. The van der Waals surface area contributed by atoms with Gasteiger partial charge in [0.15, 0.2) is 0 Å². The summed E-state index contributed by atoms with van der Waals surface area (Å²) in [5.41, 5.74) is 2.01. The lowest BCUT2D eigenvalue weighted by molar-refractivity contribution is 0.170. The number of phenolic OH excluding ortho intramolecular Hbond substituents is 1. The molecule has 0 amide bonds. The van der Waals surface area contributed by atoms with Crippen LogP contribution in [0.25, 0.3) is 0 Å². The van der Waals surface area contributed by atoms with Crippen molar-refractivity contribution in [3.63, 3.8) is 0 Å². The average molecular weight is 354 g/mol. The van der Waals surface area contributed by atoms with E-state index in [1.165, 1.54) is 0 Å². The van der Waals surface area contributed by atoms with Crippen molar-refractivity contribution in [2.45, 2.75) is 19.4 Å². The molecule has 120 valence electrons. The molecule has 1 atom stereocenters. The van der Waals surface area contributed by atoms with Gasteiger partial charge >= 0.3 is 0 Å². The molecular formula is C15H23Cl3N2O. The first kappa shape index (κ1) is 20.6. The minimum atomic E-state index is 0. The highest BCUT2D eigenvalue weighted by molar-refractivity contribution is 6.32. The number of halogens is 3. The predicted octanol–water partition coefficient (Wildman–Crippen LogP) is 3.80. The van der Waals surface area contributed by atoms with Gasteiger partial charge in [-0.25, -0.2) is 0 Å². The molecule has 1 aromatic rings. The maximum absolute atomic E-state index is 10.2. The molecule has 2 N–H and O–H groups in total. The monoisotopic (exact) mass is 352 g/mol. The molecule has 1 heterocycles. The van der Waals surface area contributed by atoms with Gasteiger partial charge in [0.1, 0.15) is 5.75 Å². The van der Waals surface area contributed by atoms with E-state index in [9.17, 15) is 5.11 Å². The summed E-state index contributed by atoms with van der Waals surface area (Å²) in [7, 11) is 0. The Morgan fingerprint density at radius 3 is 2.57 bits per heavy atom. The highest BCUT2D eigenvalue weighted by atomic mass is 35.5. The Morgan fingerprint density at radius 2 is 2.00 bits per heavy atom. The van der Waals surface area contributed by atoms with Crippen LogP contribution in [0.1, 0.15) is 24.9 Å².